The van der Waals surface area contributed by atoms with Gasteiger partial charge in [-0.3, -0.25) is 9.36 Å². The SMILES string of the molecule is O=C(NCC1CCCN1)c1ccc(-n2cnc3ccccc32)cc1. The monoisotopic (exact) mass is 320 g/mol. The minimum absolute atomic E-state index is 0.0225. The van der Waals surface area contributed by atoms with Crippen LogP contribution in [0.3, 0.4) is 0 Å². The number of rotatable bonds is 4. The molecule has 2 aromatic carbocycles. The summed E-state index contributed by atoms with van der Waals surface area (Å²) in [4.78, 5) is 16.7. The van der Waals surface area contributed by atoms with E-state index in [1.807, 2.05) is 59.4 Å². The number of amides is 1. The Morgan fingerprint density at radius 3 is 2.83 bits per heavy atom. The highest BCUT2D eigenvalue weighted by atomic mass is 16.1. The molecule has 1 aromatic heterocycles. The molecule has 1 atom stereocenters. The van der Waals surface area contributed by atoms with Crippen LogP contribution in [0.2, 0.25) is 0 Å². The van der Waals surface area contributed by atoms with Gasteiger partial charge in [-0.1, -0.05) is 12.1 Å². The van der Waals surface area contributed by atoms with Gasteiger partial charge in [0.25, 0.3) is 5.91 Å². The first-order chi connectivity index (χ1) is 11.8. The fraction of sp³-hybridized carbons (Fsp3) is 0.263. The molecule has 0 aliphatic carbocycles. The minimum atomic E-state index is -0.0225. The molecular weight excluding hydrogens is 300 g/mol. The van der Waals surface area contributed by atoms with Crippen molar-refractivity contribution in [2.24, 2.45) is 0 Å². The molecule has 3 aromatic rings. The maximum Gasteiger partial charge on any atom is 0.251 e. The minimum Gasteiger partial charge on any atom is -0.350 e. The highest BCUT2D eigenvalue weighted by molar-refractivity contribution is 5.94. The van der Waals surface area contributed by atoms with Crippen LogP contribution in [0, 0.1) is 0 Å². The average molecular weight is 320 g/mol. The molecule has 5 heteroatoms. The summed E-state index contributed by atoms with van der Waals surface area (Å²) in [6.07, 6.45) is 4.13. The van der Waals surface area contributed by atoms with E-state index in [1.54, 1.807) is 0 Å². The Bertz CT molecular complexity index is 847. The second-order valence-corrected chi connectivity index (χ2v) is 6.15. The number of para-hydroxylation sites is 2. The predicted octanol–water partition coefficient (Wildman–Crippen LogP) is 2.51. The number of nitrogens with one attached hydrogen (secondary N) is 2. The Hall–Kier alpha value is -2.66. The Kier molecular flexibility index (Phi) is 4.01. The first-order valence-corrected chi connectivity index (χ1v) is 8.35. The molecular formula is C19H20N4O. The maximum absolute atomic E-state index is 12.3. The Labute approximate surface area is 140 Å². The van der Waals surface area contributed by atoms with Crippen LogP contribution in [0.25, 0.3) is 16.7 Å². The van der Waals surface area contributed by atoms with Crippen molar-refractivity contribution in [2.75, 3.05) is 13.1 Å². The normalized spacial score (nSPS) is 17.2. The van der Waals surface area contributed by atoms with Crippen molar-refractivity contribution in [3.05, 3.63) is 60.4 Å². The van der Waals surface area contributed by atoms with Crippen LogP contribution in [0.15, 0.2) is 54.9 Å². The van der Waals surface area contributed by atoms with Gasteiger partial charge >= 0.3 is 0 Å². The first kappa shape index (κ1) is 14.9. The van der Waals surface area contributed by atoms with E-state index in [0.717, 1.165) is 29.7 Å². The zero-order chi connectivity index (χ0) is 16.4. The topological polar surface area (TPSA) is 59.0 Å². The highest BCUT2D eigenvalue weighted by Crippen LogP contribution is 2.18. The van der Waals surface area contributed by atoms with Gasteiger partial charge in [0, 0.05) is 23.8 Å². The molecule has 0 spiro atoms. The summed E-state index contributed by atoms with van der Waals surface area (Å²) >= 11 is 0. The van der Waals surface area contributed by atoms with Crippen LogP contribution in [0.1, 0.15) is 23.2 Å². The number of hydrogen-bond acceptors (Lipinski definition) is 3. The summed E-state index contributed by atoms with van der Waals surface area (Å²) in [5.41, 5.74) is 3.70. The molecule has 1 fully saturated rings. The Balaban J connectivity index is 1.49. The summed E-state index contributed by atoms with van der Waals surface area (Å²) in [6.45, 7) is 1.74. The molecule has 0 radical (unpaired) electrons. The summed E-state index contributed by atoms with van der Waals surface area (Å²) < 4.78 is 2.03. The highest BCUT2D eigenvalue weighted by Gasteiger charge is 2.15. The van der Waals surface area contributed by atoms with Gasteiger partial charge in [-0.2, -0.15) is 0 Å². The van der Waals surface area contributed by atoms with E-state index in [4.69, 9.17) is 0 Å². The molecule has 2 N–H and O–H groups in total. The second-order valence-electron chi connectivity index (χ2n) is 6.15. The van der Waals surface area contributed by atoms with Gasteiger partial charge in [-0.15, -0.1) is 0 Å². The van der Waals surface area contributed by atoms with Gasteiger partial charge in [0.15, 0.2) is 0 Å². The first-order valence-electron chi connectivity index (χ1n) is 8.35. The van der Waals surface area contributed by atoms with Crippen molar-refractivity contribution in [2.45, 2.75) is 18.9 Å². The van der Waals surface area contributed by atoms with Gasteiger partial charge in [0.2, 0.25) is 0 Å². The van der Waals surface area contributed by atoms with E-state index in [9.17, 15) is 4.79 Å². The average Bonchev–Trinajstić information content (AvgIpc) is 3.29. The molecule has 1 amide bonds. The van der Waals surface area contributed by atoms with E-state index in [-0.39, 0.29) is 5.91 Å². The third-order valence-corrected chi connectivity index (χ3v) is 4.53. The Morgan fingerprint density at radius 2 is 2.04 bits per heavy atom. The third-order valence-electron chi connectivity index (χ3n) is 4.53. The quantitative estimate of drug-likeness (QED) is 0.776. The zero-order valence-electron chi connectivity index (χ0n) is 13.4. The summed E-state index contributed by atoms with van der Waals surface area (Å²) in [6, 6.07) is 16.1. The molecule has 1 aliphatic rings. The standard InChI is InChI=1S/C19H20N4O/c24-19(21-12-15-4-3-11-20-15)14-7-9-16(10-8-14)23-13-22-17-5-1-2-6-18(17)23/h1-2,5-10,13,15,20H,3-4,11-12H2,(H,21,24). The largest absolute Gasteiger partial charge is 0.350 e. The maximum atomic E-state index is 12.3. The molecule has 1 saturated heterocycles. The van der Waals surface area contributed by atoms with Crippen LogP contribution in [0.4, 0.5) is 0 Å². The molecule has 4 rings (SSSR count). The summed E-state index contributed by atoms with van der Waals surface area (Å²) in [5, 5.41) is 6.39. The van der Waals surface area contributed by atoms with Crippen LogP contribution < -0.4 is 10.6 Å². The van der Waals surface area contributed by atoms with Crippen molar-refractivity contribution < 1.29 is 4.79 Å². The predicted molar refractivity (Wildman–Crippen MR) is 94.4 cm³/mol. The number of nitrogens with zero attached hydrogens (tertiary/aromatic N) is 2. The molecule has 0 saturated carbocycles. The molecule has 24 heavy (non-hydrogen) atoms. The number of carbonyl (C=O) groups excluding carboxylic acids is 1. The van der Waals surface area contributed by atoms with Crippen LogP contribution >= 0.6 is 0 Å². The molecule has 0 bridgehead atoms. The van der Waals surface area contributed by atoms with Crippen molar-refractivity contribution >= 4 is 16.9 Å². The van der Waals surface area contributed by atoms with Crippen molar-refractivity contribution in [1.29, 1.82) is 0 Å². The van der Waals surface area contributed by atoms with Crippen LogP contribution in [-0.4, -0.2) is 34.6 Å². The molecule has 1 aliphatic heterocycles. The number of imidazole rings is 1. The lowest BCUT2D eigenvalue weighted by molar-refractivity contribution is 0.0950. The lowest BCUT2D eigenvalue weighted by atomic mass is 10.1. The van der Waals surface area contributed by atoms with E-state index in [0.29, 0.717) is 18.2 Å². The number of aromatic nitrogens is 2. The number of benzene rings is 2. The summed E-state index contributed by atoms with van der Waals surface area (Å²) in [5.74, 6) is -0.0225. The molecule has 122 valence electrons. The molecule has 1 unspecified atom stereocenters. The lowest BCUT2D eigenvalue weighted by Gasteiger charge is -2.12. The zero-order valence-corrected chi connectivity index (χ0v) is 13.4. The Morgan fingerprint density at radius 1 is 1.21 bits per heavy atom. The molecule has 2 heterocycles. The van der Waals surface area contributed by atoms with E-state index >= 15 is 0 Å². The fourth-order valence-corrected chi connectivity index (χ4v) is 3.19. The fourth-order valence-electron chi connectivity index (χ4n) is 3.19. The van der Waals surface area contributed by atoms with Crippen molar-refractivity contribution in [1.82, 2.24) is 20.2 Å². The summed E-state index contributed by atoms with van der Waals surface area (Å²) in [7, 11) is 0. The van der Waals surface area contributed by atoms with E-state index in [2.05, 4.69) is 15.6 Å². The third kappa shape index (κ3) is 2.90. The van der Waals surface area contributed by atoms with Crippen LogP contribution in [-0.2, 0) is 0 Å². The van der Waals surface area contributed by atoms with Gasteiger partial charge in [0.05, 0.1) is 11.0 Å². The smallest absolute Gasteiger partial charge is 0.251 e. The van der Waals surface area contributed by atoms with E-state index < -0.39 is 0 Å². The van der Waals surface area contributed by atoms with Gasteiger partial charge in [-0.25, -0.2) is 4.98 Å². The van der Waals surface area contributed by atoms with Crippen molar-refractivity contribution in [3.63, 3.8) is 0 Å². The second kappa shape index (κ2) is 6.45. The number of fused-ring (bicyclic) bond motifs is 1. The lowest BCUT2D eigenvalue weighted by Crippen LogP contribution is -2.37. The van der Waals surface area contributed by atoms with Gasteiger partial charge < -0.3 is 10.6 Å². The number of carbonyl (C=O) groups is 1. The number of hydrogen-bond donors (Lipinski definition) is 2. The van der Waals surface area contributed by atoms with E-state index in [1.165, 1.54) is 6.42 Å². The van der Waals surface area contributed by atoms with Gasteiger partial charge in [0.1, 0.15) is 6.33 Å². The van der Waals surface area contributed by atoms with Gasteiger partial charge in [-0.05, 0) is 55.8 Å². The van der Waals surface area contributed by atoms with Crippen LogP contribution in [0.5, 0.6) is 0 Å². The molecule has 5 nitrogen and oxygen atoms in total. The van der Waals surface area contributed by atoms with Crippen molar-refractivity contribution in [3.8, 4) is 5.69 Å².